The molecule has 3 aromatic heterocycles. The van der Waals surface area contributed by atoms with E-state index in [1.807, 2.05) is 67.8 Å². The van der Waals surface area contributed by atoms with Gasteiger partial charge in [0.15, 0.2) is 0 Å². The number of ether oxygens (including phenoxy) is 1. The van der Waals surface area contributed by atoms with Crippen LogP contribution in [0.2, 0.25) is 10.0 Å². The topological polar surface area (TPSA) is 135 Å². The lowest BCUT2D eigenvalue weighted by Gasteiger charge is -2.45. The molecule has 2 aromatic carbocycles. The molecule has 53 heavy (non-hydrogen) atoms. The summed E-state index contributed by atoms with van der Waals surface area (Å²) in [6, 6.07) is 17.5. The summed E-state index contributed by atoms with van der Waals surface area (Å²) in [7, 11) is 5.29. The van der Waals surface area contributed by atoms with Gasteiger partial charge in [-0.05, 0) is 44.9 Å². The molecule has 0 bridgehead atoms. The van der Waals surface area contributed by atoms with Crippen LogP contribution in [0.3, 0.4) is 0 Å². The van der Waals surface area contributed by atoms with Gasteiger partial charge in [-0.15, -0.1) is 0 Å². The molecule has 274 valence electrons. The van der Waals surface area contributed by atoms with Gasteiger partial charge in [0.05, 0.1) is 35.6 Å². The number of carbonyl (C=O) groups excluding carboxylic acids is 2. The lowest BCUT2D eigenvalue weighted by Crippen LogP contribution is -2.59. The van der Waals surface area contributed by atoms with Gasteiger partial charge < -0.3 is 20.7 Å². The molecule has 5 heterocycles. The number of aromatic nitrogens is 4. The summed E-state index contributed by atoms with van der Waals surface area (Å²) >= 11 is 14.3. The minimum Gasteiger partial charge on any atom is -0.481 e. The third-order valence-electron chi connectivity index (χ3n) is 10.9. The number of amides is 2. The van der Waals surface area contributed by atoms with Crippen LogP contribution in [0.25, 0.3) is 39.0 Å². The third-order valence-corrected chi connectivity index (χ3v) is 11.7. The van der Waals surface area contributed by atoms with E-state index >= 15 is 0 Å². The van der Waals surface area contributed by atoms with Gasteiger partial charge in [0.1, 0.15) is 11.3 Å². The number of hydrogen-bond acceptors (Lipinski definition) is 8. The van der Waals surface area contributed by atoms with E-state index in [2.05, 4.69) is 20.9 Å². The lowest BCUT2D eigenvalue weighted by molar-refractivity contribution is -0.121. The van der Waals surface area contributed by atoms with E-state index in [9.17, 15) is 14.4 Å². The Morgan fingerprint density at radius 2 is 1.70 bits per heavy atom. The highest BCUT2D eigenvalue weighted by Gasteiger charge is 2.48. The van der Waals surface area contributed by atoms with Gasteiger partial charge in [0.25, 0.3) is 5.56 Å². The smallest absolute Gasteiger partial charge is 0.277 e. The minimum atomic E-state index is -0.162. The predicted octanol–water partition coefficient (Wildman–Crippen LogP) is 5.31. The summed E-state index contributed by atoms with van der Waals surface area (Å²) in [5.41, 5.74) is 5.42. The second-order valence-corrected chi connectivity index (χ2v) is 15.1. The number of rotatable bonds is 10. The van der Waals surface area contributed by atoms with Gasteiger partial charge >= 0.3 is 0 Å². The number of hydrogen-bond donors (Lipinski definition) is 3. The predicted molar refractivity (Wildman–Crippen MR) is 204 cm³/mol. The van der Waals surface area contributed by atoms with Crippen molar-refractivity contribution in [3.05, 3.63) is 92.6 Å². The molecule has 2 aliphatic heterocycles. The van der Waals surface area contributed by atoms with Crippen LogP contribution in [-0.4, -0.2) is 67.8 Å². The maximum absolute atomic E-state index is 13.5. The third kappa shape index (κ3) is 6.58. The van der Waals surface area contributed by atoms with Gasteiger partial charge in [0, 0.05) is 77.6 Å². The van der Waals surface area contributed by atoms with Gasteiger partial charge in [-0.3, -0.25) is 23.9 Å². The van der Waals surface area contributed by atoms with E-state index in [-0.39, 0.29) is 35.1 Å². The Hall–Kier alpha value is -4.75. The van der Waals surface area contributed by atoms with Crippen LogP contribution in [0.15, 0.2) is 65.6 Å². The fraction of sp³-hybridized carbons (Fsp3) is 0.359. The summed E-state index contributed by atoms with van der Waals surface area (Å²) in [5, 5.41) is 15.4. The minimum absolute atomic E-state index is 0.0278. The molecule has 1 spiro atoms. The second-order valence-electron chi connectivity index (χ2n) is 14.4. The van der Waals surface area contributed by atoms with E-state index < -0.39 is 0 Å². The summed E-state index contributed by atoms with van der Waals surface area (Å²) < 4.78 is 8.89. The van der Waals surface area contributed by atoms with Crippen LogP contribution in [0.4, 0.5) is 0 Å². The van der Waals surface area contributed by atoms with Crippen molar-refractivity contribution in [1.29, 1.82) is 0 Å². The number of nitrogens with one attached hydrogen (secondary N) is 3. The Bertz CT molecular complexity index is 2330. The Kier molecular flexibility index (Phi) is 9.26. The quantitative estimate of drug-likeness (QED) is 0.175. The first kappa shape index (κ1) is 35.3. The van der Waals surface area contributed by atoms with Crippen molar-refractivity contribution >= 4 is 40.5 Å². The SMILES string of the molecule is COc1nc(-c2cccc(-c3cccc(-c4cc5c(=O)n(C)c(CNC6CC7(CCC(=O)N7)C6)nn5c4)c3Cl)c2Cl)ccc1CN(C)[C@H]1CCC(=O)N1. The molecule has 12 nitrogen and oxygen atoms in total. The number of fused-ring (bicyclic) bond motifs is 1. The highest BCUT2D eigenvalue weighted by molar-refractivity contribution is 6.39. The maximum atomic E-state index is 13.5. The molecular formula is C39H40Cl2N8O4. The van der Waals surface area contributed by atoms with Crippen LogP contribution >= 0.6 is 23.2 Å². The fourth-order valence-electron chi connectivity index (χ4n) is 7.94. The summed E-state index contributed by atoms with van der Waals surface area (Å²) in [4.78, 5) is 43.9. The van der Waals surface area contributed by atoms with Crippen molar-refractivity contribution in [3.63, 3.8) is 0 Å². The van der Waals surface area contributed by atoms with Crippen LogP contribution in [0, 0.1) is 0 Å². The van der Waals surface area contributed by atoms with Gasteiger partial charge in [-0.1, -0.05) is 65.7 Å². The highest BCUT2D eigenvalue weighted by atomic mass is 35.5. The van der Waals surface area contributed by atoms with Crippen molar-refractivity contribution in [2.45, 2.75) is 69.4 Å². The van der Waals surface area contributed by atoms with Crippen molar-refractivity contribution in [2.24, 2.45) is 7.05 Å². The zero-order chi connectivity index (χ0) is 37.0. The zero-order valence-corrected chi connectivity index (χ0v) is 31.2. The average Bonchev–Trinajstić information content (AvgIpc) is 3.88. The molecule has 5 aromatic rings. The van der Waals surface area contributed by atoms with Crippen LogP contribution in [0.5, 0.6) is 5.88 Å². The first-order chi connectivity index (χ1) is 25.5. The van der Waals surface area contributed by atoms with Crippen LogP contribution < -0.4 is 26.2 Å². The molecule has 14 heteroatoms. The zero-order valence-electron chi connectivity index (χ0n) is 29.7. The molecule has 1 aliphatic carbocycles. The second kappa shape index (κ2) is 13.9. The van der Waals surface area contributed by atoms with Crippen molar-refractivity contribution in [2.75, 3.05) is 14.2 Å². The molecule has 0 radical (unpaired) electrons. The number of halogens is 2. The number of nitrogens with zero attached hydrogens (tertiary/aromatic N) is 5. The number of methoxy groups -OCH3 is 1. The van der Waals surface area contributed by atoms with Gasteiger partial charge in [0.2, 0.25) is 17.7 Å². The summed E-state index contributed by atoms with van der Waals surface area (Å²) in [5.74, 6) is 1.28. The molecule has 2 saturated heterocycles. The van der Waals surface area contributed by atoms with E-state index in [1.165, 1.54) is 0 Å². The Balaban J connectivity index is 1.04. The molecule has 1 atom stereocenters. The highest BCUT2D eigenvalue weighted by Crippen LogP contribution is 2.43. The molecule has 1 saturated carbocycles. The van der Waals surface area contributed by atoms with E-state index in [4.69, 9.17) is 38.0 Å². The molecule has 8 rings (SSSR count). The van der Waals surface area contributed by atoms with Crippen LogP contribution in [0.1, 0.15) is 49.9 Å². The summed E-state index contributed by atoms with van der Waals surface area (Å²) in [6.45, 7) is 0.977. The van der Waals surface area contributed by atoms with E-state index in [0.29, 0.717) is 58.9 Å². The van der Waals surface area contributed by atoms with Crippen molar-refractivity contribution < 1.29 is 14.3 Å². The number of benzene rings is 2. The Labute approximate surface area is 316 Å². The Morgan fingerprint density at radius 3 is 2.38 bits per heavy atom. The standard InChI is InChI=1S/C39H40Cl2N8O4/c1-47(31-12-13-33(50)44-31)20-22-10-11-29(43-37(22)53-3)28-9-5-8-27(36(28)41)26-7-4-6-25(35(26)40)23-16-30-38(52)48(2)32(46-49(30)21-23)19-42-24-17-39(18-24)15-14-34(51)45-39/h4-11,16,21,24,31,42H,12-15,17-20H2,1-3H3,(H,44,50)(H,45,51)/t24?,31-,39?/m0/s1. The molecule has 3 fully saturated rings. The lowest BCUT2D eigenvalue weighted by atomic mass is 9.72. The van der Waals surface area contributed by atoms with Crippen LogP contribution in [-0.2, 0) is 29.7 Å². The Morgan fingerprint density at radius 1 is 0.981 bits per heavy atom. The first-order valence-electron chi connectivity index (χ1n) is 17.8. The number of pyridine rings is 1. The van der Waals surface area contributed by atoms with Crippen molar-refractivity contribution in [1.82, 2.24) is 40.0 Å². The van der Waals surface area contributed by atoms with E-state index in [1.54, 1.807) is 23.2 Å². The summed E-state index contributed by atoms with van der Waals surface area (Å²) in [6.07, 6.45) is 6.30. The van der Waals surface area contributed by atoms with E-state index in [0.717, 1.165) is 59.1 Å². The van der Waals surface area contributed by atoms with Crippen molar-refractivity contribution in [3.8, 4) is 39.4 Å². The van der Waals surface area contributed by atoms with Gasteiger partial charge in [-0.2, -0.15) is 5.10 Å². The monoisotopic (exact) mass is 754 g/mol. The normalized spacial score (nSPS) is 21.0. The molecule has 0 unspecified atom stereocenters. The first-order valence-corrected chi connectivity index (χ1v) is 18.5. The van der Waals surface area contributed by atoms with Gasteiger partial charge in [-0.25, -0.2) is 9.50 Å². The fourth-order valence-corrected chi connectivity index (χ4v) is 8.61. The molecule has 3 aliphatic rings. The number of carbonyl (C=O) groups is 2. The molecule has 2 amide bonds. The molecule has 3 N–H and O–H groups in total. The molecular weight excluding hydrogens is 715 g/mol. The average molecular weight is 756 g/mol. The maximum Gasteiger partial charge on any atom is 0.277 e. The largest absolute Gasteiger partial charge is 0.481 e.